The van der Waals surface area contributed by atoms with Crippen LogP contribution in [0.25, 0.3) is 0 Å². The van der Waals surface area contributed by atoms with Crippen molar-refractivity contribution in [3.8, 4) is 0 Å². The van der Waals surface area contributed by atoms with Gasteiger partial charge in [-0.1, -0.05) is 6.92 Å². The van der Waals surface area contributed by atoms with Crippen molar-refractivity contribution in [2.45, 2.75) is 38.8 Å². The molecule has 2 heteroatoms. The minimum atomic E-state index is -0.192. The van der Waals surface area contributed by atoms with Gasteiger partial charge in [-0.2, -0.15) is 0 Å². The predicted molar refractivity (Wildman–Crippen MR) is 41.9 cm³/mol. The minimum absolute atomic E-state index is 0.192. The second-order valence-corrected chi connectivity index (χ2v) is 3.43. The smallest absolute Gasteiger partial charge is 0.0665 e. The van der Waals surface area contributed by atoms with Gasteiger partial charge in [0.2, 0.25) is 0 Å². The molecule has 1 rings (SSSR count). The maximum absolute atomic E-state index is 9.23. The lowest BCUT2D eigenvalue weighted by Gasteiger charge is -2.29. The van der Waals surface area contributed by atoms with Crippen LogP contribution in [0.1, 0.15) is 26.7 Å². The minimum Gasteiger partial charge on any atom is -0.392 e. The molecule has 0 radical (unpaired) electrons. The Morgan fingerprint density at radius 1 is 1.60 bits per heavy atom. The zero-order chi connectivity index (χ0) is 7.56. The standard InChI is InChI=1S/C8H17NO/c1-6-3-4-9-8(5-6)7(2)10/h6-10H,3-5H2,1-2H3/t6-,7-,8+/m0/s1. The first-order valence-corrected chi connectivity index (χ1v) is 4.11. The van der Waals surface area contributed by atoms with Gasteiger partial charge < -0.3 is 10.4 Å². The summed E-state index contributed by atoms with van der Waals surface area (Å²) in [5, 5.41) is 12.5. The number of piperidine rings is 1. The van der Waals surface area contributed by atoms with Crippen molar-refractivity contribution in [3.05, 3.63) is 0 Å². The Kier molecular flexibility index (Phi) is 2.69. The molecular weight excluding hydrogens is 126 g/mol. The van der Waals surface area contributed by atoms with Crippen LogP contribution in [0, 0.1) is 5.92 Å². The first-order valence-electron chi connectivity index (χ1n) is 4.11. The fourth-order valence-corrected chi connectivity index (χ4v) is 1.52. The molecule has 1 fully saturated rings. The number of hydrogen-bond donors (Lipinski definition) is 2. The van der Waals surface area contributed by atoms with Gasteiger partial charge in [0.05, 0.1) is 6.10 Å². The van der Waals surface area contributed by atoms with Crippen LogP contribution in [0.3, 0.4) is 0 Å². The number of hydrogen-bond acceptors (Lipinski definition) is 2. The third-order valence-corrected chi connectivity index (χ3v) is 2.28. The average molecular weight is 143 g/mol. The van der Waals surface area contributed by atoms with E-state index in [0.29, 0.717) is 6.04 Å². The van der Waals surface area contributed by atoms with Crippen molar-refractivity contribution in [3.63, 3.8) is 0 Å². The monoisotopic (exact) mass is 143 g/mol. The molecule has 0 aliphatic carbocycles. The number of aliphatic hydroxyl groups excluding tert-OH is 1. The van der Waals surface area contributed by atoms with Gasteiger partial charge in [-0.3, -0.25) is 0 Å². The molecule has 0 aromatic carbocycles. The highest BCUT2D eigenvalue weighted by Crippen LogP contribution is 2.16. The van der Waals surface area contributed by atoms with E-state index in [4.69, 9.17) is 0 Å². The number of nitrogens with one attached hydrogen (secondary N) is 1. The van der Waals surface area contributed by atoms with Crippen LogP contribution in [0.2, 0.25) is 0 Å². The van der Waals surface area contributed by atoms with E-state index in [9.17, 15) is 5.11 Å². The molecule has 1 saturated heterocycles. The van der Waals surface area contributed by atoms with E-state index in [0.717, 1.165) is 18.9 Å². The molecule has 2 N–H and O–H groups in total. The van der Waals surface area contributed by atoms with Crippen LogP contribution >= 0.6 is 0 Å². The van der Waals surface area contributed by atoms with Crippen LogP contribution in [0.15, 0.2) is 0 Å². The third kappa shape index (κ3) is 1.96. The van der Waals surface area contributed by atoms with Crippen LogP contribution < -0.4 is 5.32 Å². The summed E-state index contributed by atoms with van der Waals surface area (Å²) in [4.78, 5) is 0. The van der Waals surface area contributed by atoms with Gasteiger partial charge in [-0.05, 0) is 32.2 Å². The molecule has 0 unspecified atom stereocenters. The lowest BCUT2D eigenvalue weighted by atomic mass is 9.92. The highest BCUT2D eigenvalue weighted by atomic mass is 16.3. The van der Waals surface area contributed by atoms with Crippen molar-refractivity contribution in [2.24, 2.45) is 5.92 Å². The fraction of sp³-hybridized carbons (Fsp3) is 1.00. The van der Waals surface area contributed by atoms with Gasteiger partial charge in [0.15, 0.2) is 0 Å². The molecule has 2 nitrogen and oxygen atoms in total. The maximum Gasteiger partial charge on any atom is 0.0665 e. The maximum atomic E-state index is 9.23. The molecule has 10 heavy (non-hydrogen) atoms. The van der Waals surface area contributed by atoms with Gasteiger partial charge in [0.25, 0.3) is 0 Å². The van der Waals surface area contributed by atoms with Gasteiger partial charge in [0.1, 0.15) is 0 Å². The predicted octanol–water partition coefficient (Wildman–Crippen LogP) is 0.755. The van der Waals surface area contributed by atoms with E-state index >= 15 is 0 Å². The molecule has 1 aliphatic heterocycles. The fourth-order valence-electron chi connectivity index (χ4n) is 1.52. The average Bonchev–Trinajstić information content (AvgIpc) is 1.88. The molecule has 1 heterocycles. The molecule has 0 aromatic rings. The van der Waals surface area contributed by atoms with Gasteiger partial charge in [0, 0.05) is 6.04 Å². The molecule has 1 aliphatic rings. The van der Waals surface area contributed by atoms with E-state index in [1.54, 1.807) is 0 Å². The van der Waals surface area contributed by atoms with Crippen LogP contribution in [-0.4, -0.2) is 23.8 Å². The summed E-state index contributed by atoms with van der Waals surface area (Å²) in [6.07, 6.45) is 2.18. The van der Waals surface area contributed by atoms with E-state index in [-0.39, 0.29) is 6.10 Å². The Morgan fingerprint density at radius 3 is 2.70 bits per heavy atom. The molecule has 60 valence electrons. The van der Waals surface area contributed by atoms with Crippen LogP contribution in [0.5, 0.6) is 0 Å². The Bertz CT molecular complexity index is 103. The van der Waals surface area contributed by atoms with Crippen molar-refractivity contribution >= 4 is 0 Å². The van der Waals surface area contributed by atoms with E-state index in [2.05, 4.69) is 12.2 Å². The summed E-state index contributed by atoms with van der Waals surface area (Å²) in [6.45, 7) is 5.17. The third-order valence-electron chi connectivity index (χ3n) is 2.28. The number of aliphatic hydroxyl groups is 1. The molecule has 0 bridgehead atoms. The zero-order valence-corrected chi connectivity index (χ0v) is 6.80. The van der Waals surface area contributed by atoms with E-state index in [1.807, 2.05) is 6.92 Å². The Hall–Kier alpha value is -0.0800. The Labute approximate surface area is 62.6 Å². The molecule has 0 amide bonds. The summed E-state index contributed by atoms with van der Waals surface area (Å²) >= 11 is 0. The lowest BCUT2D eigenvalue weighted by Crippen LogP contribution is -2.44. The highest BCUT2D eigenvalue weighted by Gasteiger charge is 2.21. The summed E-state index contributed by atoms with van der Waals surface area (Å²) in [7, 11) is 0. The second kappa shape index (κ2) is 3.35. The largest absolute Gasteiger partial charge is 0.392 e. The van der Waals surface area contributed by atoms with Crippen LogP contribution in [0.4, 0.5) is 0 Å². The Morgan fingerprint density at radius 2 is 2.30 bits per heavy atom. The molecule has 0 aromatic heterocycles. The van der Waals surface area contributed by atoms with E-state index < -0.39 is 0 Å². The van der Waals surface area contributed by atoms with Gasteiger partial charge in [-0.15, -0.1) is 0 Å². The molecule has 0 saturated carbocycles. The van der Waals surface area contributed by atoms with Crippen molar-refractivity contribution in [1.29, 1.82) is 0 Å². The van der Waals surface area contributed by atoms with Crippen LogP contribution in [-0.2, 0) is 0 Å². The first-order chi connectivity index (χ1) is 4.70. The first kappa shape index (κ1) is 8.02. The Balaban J connectivity index is 2.32. The van der Waals surface area contributed by atoms with Crippen molar-refractivity contribution in [2.75, 3.05) is 6.54 Å². The summed E-state index contributed by atoms with van der Waals surface area (Å²) in [5.41, 5.74) is 0. The van der Waals surface area contributed by atoms with Gasteiger partial charge in [-0.25, -0.2) is 0 Å². The molecular formula is C8H17NO. The number of rotatable bonds is 1. The molecule has 0 spiro atoms. The topological polar surface area (TPSA) is 32.3 Å². The second-order valence-electron chi connectivity index (χ2n) is 3.43. The van der Waals surface area contributed by atoms with Gasteiger partial charge >= 0.3 is 0 Å². The SMILES string of the molecule is C[C@H]1CCN[C@@H]([C@H](C)O)C1. The van der Waals surface area contributed by atoms with E-state index in [1.165, 1.54) is 6.42 Å². The molecule has 3 atom stereocenters. The highest BCUT2D eigenvalue weighted by molar-refractivity contribution is 4.79. The summed E-state index contributed by atoms with van der Waals surface area (Å²) < 4.78 is 0. The van der Waals surface area contributed by atoms with Crippen molar-refractivity contribution in [1.82, 2.24) is 5.32 Å². The summed E-state index contributed by atoms with van der Waals surface area (Å²) in [5.74, 6) is 0.779. The quantitative estimate of drug-likeness (QED) is 0.568. The lowest BCUT2D eigenvalue weighted by molar-refractivity contribution is 0.116. The zero-order valence-electron chi connectivity index (χ0n) is 6.80. The van der Waals surface area contributed by atoms with Crippen molar-refractivity contribution < 1.29 is 5.11 Å². The normalized spacial score (nSPS) is 37.5. The summed E-state index contributed by atoms with van der Waals surface area (Å²) in [6, 6.07) is 0.337.